The molecular formula is C17H14ClF5N2O2. The van der Waals surface area contributed by atoms with Crippen molar-refractivity contribution in [2.24, 2.45) is 0 Å². The maximum Gasteiger partial charge on any atom is 0.369 e. The molecule has 1 aromatic heterocycles. The lowest BCUT2D eigenvalue weighted by Gasteiger charge is -2.16. The van der Waals surface area contributed by atoms with Crippen LogP contribution in [-0.2, 0) is 4.79 Å². The second-order valence-electron chi connectivity index (χ2n) is 5.84. The van der Waals surface area contributed by atoms with Crippen LogP contribution in [0.25, 0.3) is 16.8 Å². The van der Waals surface area contributed by atoms with Crippen LogP contribution in [0, 0.1) is 12.7 Å². The number of rotatable bonds is 6. The molecule has 146 valence electrons. The molecule has 0 atom stereocenters. The molecule has 0 unspecified atom stereocenters. The number of Topliss-reactive ketones (excluding diaryl/α,β-unsaturated/α-hetero) is 1. The average molecular weight is 409 g/mol. The van der Waals surface area contributed by atoms with Gasteiger partial charge in [0.2, 0.25) is 5.78 Å². The molecule has 0 saturated heterocycles. The summed E-state index contributed by atoms with van der Waals surface area (Å²) in [5.41, 5.74) is -1.13. The van der Waals surface area contributed by atoms with E-state index >= 15 is 0 Å². The molecule has 0 aliphatic carbocycles. The summed E-state index contributed by atoms with van der Waals surface area (Å²) in [6, 6.07) is 3.82. The predicted octanol–water partition coefficient (Wildman–Crippen LogP) is 4.81. The van der Waals surface area contributed by atoms with Gasteiger partial charge in [0.05, 0.1) is 16.2 Å². The highest BCUT2D eigenvalue weighted by atomic mass is 35.5. The van der Waals surface area contributed by atoms with E-state index in [0.29, 0.717) is 0 Å². The van der Waals surface area contributed by atoms with Gasteiger partial charge in [0.25, 0.3) is 0 Å². The Labute approximate surface area is 156 Å². The Bertz CT molecular complexity index is 873. The first kappa shape index (κ1) is 20.9. The number of benzene rings is 1. The van der Waals surface area contributed by atoms with Crippen molar-refractivity contribution in [2.75, 3.05) is 14.1 Å². The quantitative estimate of drug-likeness (QED) is 0.508. The summed E-state index contributed by atoms with van der Waals surface area (Å²) in [5, 5.41) is 3.57. The summed E-state index contributed by atoms with van der Waals surface area (Å²) in [6.45, 7) is 1.32. The average Bonchev–Trinajstić information content (AvgIpc) is 2.93. The number of allylic oxidation sites excluding steroid dienone is 1. The lowest BCUT2D eigenvalue weighted by atomic mass is 9.98. The lowest BCUT2D eigenvalue weighted by Crippen LogP contribution is -2.37. The SMILES string of the molecule is Cc1c(-c2c(F)cccc2Cl)noc1/C(=C\N(C)C)C(=O)C(F)(F)C(F)F. The maximum atomic E-state index is 14.1. The highest BCUT2D eigenvalue weighted by Gasteiger charge is 2.51. The number of hydrogen-bond acceptors (Lipinski definition) is 4. The zero-order valence-corrected chi connectivity index (χ0v) is 15.1. The Hall–Kier alpha value is -2.42. The maximum absolute atomic E-state index is 14.1. The minimum atomic E-state index is -4.93. The Kier molecular flexibility index (Phi) is 5.94. The summed E-state index contributed by atoms with van der Waals surface area (Å²) >= 11 is 5.96. The van der Waals surface area contributed by atoms with Gasteiger partial charge in [0.1, 0.15) is 11.5 Å². The van der Waals surface area contributed by atoms with Crippen LogP contribution in [0.4, 0.5) is 22.0 Å². The van der Waals surface area contributed by atoms with Gasteiger partial charge in [-0.2, -0.15) is 8.78 Å². The Morgan fingerprint density at radius 1 is 1.33 bits per heavy atom. The highest BCUT2D eigenvalue weighted by molar-refractivity contribution is 6.33. The minimum Gasteiger partial charge on any atom is -0.383 e. The molecule has 0 spiro atoms. The van der Waals surface area contributed by atoms with E-state index in [1.807, 2.05) is 0 Å². The zero-order valence-electron chi connectivity index (χ0n) is 14.4. The van der Waals surface area contributed by atoms with Crippen LogP contribution in [-0.4, -0.2) is 42.3 Å². The number of carbonyl (C=O) groups is 1. The number of hydrogen-bond donors (Lipinski definition) is 0. The monoisotopic (exact) mass is 408 g/mol. The minimum absolute atomic E-state index is 0.00600. The van der Waals surface area contributed by atoms with Crippen LogP contribution >= 0.6 is 11.6 Å². The van der Waals surface area contributed by atoms with Crippen molar-refractivity contribution >= 4 is 23.0 Å². The topological polar surface area (TPSA) is 46.3 Å². The molecule has 1 aromatic carbocycles. The van der Waals surface area contributed by atoms with Gasteiger partial charge in [0.15, 0.2) is 5.76 Å². The summed E-state index contributed by atoms with van der Waals surface area (Å²) in [6.07, 6.45) is -3.31. The smallest absolute Gasteiger partial charge is 0.369 e. The number of ketones is 1. The molecule has 10 heteroatoms. The Morgan fingerprint density at radius 3 is 2.48 bits per heavy atom. The van der Waals surface area contributed by atoms with Crippen molar-refractivity contribution < 1.29 is 31.3 Å². The zero-order chi connectivity index (χ0) is 20.5. The van der Waals surface area contributed by atoms with Crippen molar-refractivity contribution in [2.45, 2.75) is 19.3 Å². The molecule has 0 saturated carbocycles. The molecule has 27 heavy (non-hydrogen) atoms. The Balaban J connectivity index is 2.64. The standard InChI is InChI=1S/C17H14ClF5N2O2/c1-8-13(12-10(18)5-4-6-11(12)19)24-27-14(8)9(7-25(2)3)15(26)17(22,23)16(20)21/h4-7,16H,1-3H3/b9-7+. The van der Waals surface area contributed by atoms with Crippen LogP contribution in [0.1, 0.15) is 11.3 Å². The summed E-state index contributed by atoms with van der Waals surface area (Å²) in [4.78, 5) is 13.3. The first-order chi connectivity index (χ1) is 12.5. The van der Waals surface area contributed by atoms with E-state index in [1.54, 1.807) is 0 Å². The van der Waals surface area contributed by atoms with E-state index in [4.69, 9.17) is 16.1 Å². The van der Waals surface area contributed by atoms with Crippen LogP contribution in [0.3, 0.4) is 0 Å². The molecular weight excluding hydrogens is 395 g/mol. The van der Waals surface area contributed by atoms with E-state index in [2.05, 4.69) is 5.16 Å². The van der Waals surface area contributed by atoms with Gasteiger partial charge >= 0.3 is 12.3 Å². The van der Waals surface area contributed by atoms with E-state index in [-0.39, 0.29) is 21.8 Å². The molecule has 0 aliphatic rings. The fourth-order valence-electron chi connectivity index (χ4n) is 2.30. The van der Waals surface area contributed by atoms with E-state index in [1.165, 1.54) is 38.1 Å². The summed E-state index contributed by atoms with van der Waals surface area (Å²) < 4.78 is 71.5. The fourth-order valence-corrected chi connectivity index (χ4v) is 2.55. The molecule has 2 rings (SSSR count). The van der Waals surface area contributed by atoms with E-state index in [9.17, 15) is 26.7 Å². The molecule has 0 bridgehead atoms. The molecule has 0 radical (unpaired) electrons. The van der Waals surface area contributed by atoms with E-state index in [0.717, 1.165) is 12.3 Å². The molecule has 2 aromatic rings. The van der Waals surface area contributed by atoms with Crippen molar-refractivity contribution in [1.82, 2.24) is 10.1 Å². The van der Waals surface area contributed by atoms with E-state index < -0.39 is 35.3 Å². The van der Waals surface area contributed by atoms with Gasteiger partial charge in [-0.05, 0) is 19.1 Å². The molecule has 0 fully saturated rings. The number of carbonyl (C=O) groups excluding carboxylic acids is 1. The molecule has 4 nitrogen and oxygen atoms in total. The van der Waals surface area contributed by atoms with Gasteiger partial charge in [-0.15, -0.1) is 0 Å². The largest absolute Gasteiger partial charge is 0.383 e. The van der Waals surface area contributed by atoms with Gasteiger partial charge in [-0.25, -0.2) is 13.2 Å². The normalized spacial score (nSPS) is 12.6. The van der Waals surface area contributed by atoms with Crippen molar-refractivity contribution in [1.29, 1.82) is 0 Å². The van der Waals surface area contributed by atoms with Crippen LogP contribution in [0.2, 0.25) is 5.02 Å². The van der Waals surface area contributed by atoms with Gasteiger partial charge < -0.3 is 9.42 Å². The van der Waals surface area contributed by atoms with Crippen molar-refractivity contribution in [3.8, 4) is 11.3 Å². The lowest BCUT2D eigenvalue weighted by molar-refractivity contribution is -0.160. The van der Waals surface area contributed by atoms with Crippen molar-refractivity contribution in [3.05, 3.63) is 46.6 Å². The predicted molar refractivity (Wildman–Crippen MR) is 89.3 cm³/mol. The van der Waals surface area contributed by atoms with Gasteiger partial charge in [0, 0.05) is 25.9 Å². The highest BCUT2D eigenvalue weighted by Crippen LogP contribution is 2.37. The van der Waals surface area contributed by atoms with Crippen LogP contribution < -0.4 is 0 Å². The van der Waals surface area contributed by atoms with Crippen molar-refractivity contribution in [3.63, 3.8) is 0 Å². The summed E-state index contributed by atoms with van der Waals surface area (Å²) in [7, 11) is 2.79. The summed E-state index contributed by atoms with van der Waals surface area (Å²) in [5.74, 6) is -8.32. The molecule has 0 amide bonds. The van der Waals surface area contributed by atoms with Crippen LogP contribution in [0.15, 0.2) is 28.9 Å². The Morgan fingerprint density at radius 2 is 1.96 bits per heavy atom. The second-order valence-corrected chi connectivity index (χ2v) is 6.25. The third-order valence-corrected chi connectivity index (χ3v) is 3.89. The van der Waals surface area contributed by atoms with Gasteiger partial charge in [-0.3, -0.25) is 4.79 Å². The second kappa shape index (κ2) is 7.67. The third kappa shape index (κ3) is 3.97. The van der Waals surface area contributed by atoms with Crippen LogP contribution in [0.5, 0.6) is 0 Å². The van der Waals surface area contributed by atoms with Gasteiger partial charge in [-0.1, -0.05) is 22.8 Å². The first-order valence-electron chi connectivity index (χ1n) is 7.48. The molecule has 1 heterocycles. The number of halogens is 6. The first-order valence-corrected chi connectivity index (χ1v) is 7.86. The number of nitrogens with zero attached hydrogens (tertiary/aromatic N) is 2. The fraction of sp³-hybridized carbons (Fsp3) is 0.294. The number of alkyl halides is 4. The third-order valence-electron chi connectivity index (χ3n) is 3.58. The molecule has 0 N–H and O–H groups in total. The molecule has 0 aliphatic heterocycles. The number of aromatic nitrogens is 1.